The van der Waals surface area contributed by atoms with E-state index >= 15 is 0 Å². The van der Waals surface area contributed by atoms with Crippen LogP contribution in [-0.4, -0.2) is 18.3 Å². The molecular weight excluding hydrogens is 236 g/mol. The zero-order valence-electron chi connectivity index (χ0n) is 12.4. The number of ether oxygens (including phenoxy) is 1. The smallest absolute Gasteiger partial charge is 0.126 e. The monoisotopic (exact) mass is 260 g/mol. The highest BCUT2D eigenvalue weighted by Crippen LogP contribution is 2.55. The van der Waals surface area contributed by atoms with E-state index in [1.807, 2.05) is 0 Å². The molecular formula is C17H24O2. The fourth-order valence-electron chi connectivity index (χ4n) is 3.36. The predicted molar refractivity (Wildman–Crippen MR) is 76.9 cm³/mol. The summed E-state index contributed by atoms with van der Waals surface area (Å²) in [6.07, 6.45) is 2.11. The molecule has 1 aliphatic heterocycles. The lowest BCUT2D eigenvalue weighted by Gasteiger charge is -2.20. The molecule has 2 heteroatoms. The average Bonchev–Trinajstić information content (AvgIpc) is 2.98. The van der Waals surface area contributed by atoms with Crippen LogP contribution in [0.5, 0.6) is 5.75 Å². The Hall–Kier alpha value is -1.02. The van der Waals surface area contributed by atoms with Crippen molar-refractivity contribution in [1.29, 1.82) is 0 Å². The fraction of sp³-hybridized carbons (Fsp3) is 0.647. The van der Waals surface area contributed by atoms with Crippen LogP contribution in [0, 0.1) is 5.92 Å². The first kappa shape index (κ1) is 13.0. The fourth-order valence-corrected chi connectivity index (χ4v) is 3.36. The lowest BCUT2D eigenvalue weighted by Crippen LogP contribution is -2.19. The summed E-state index contributed by atoms with van der Waals surface area (Å²) in [5, 5.41) is 9.40. The second-order valence-corrected chi connectivity index (χ2v) is 7.04. The van der Waals surface area contributed by atoms with Crippen LogP contribution in [0.4, 0.5) is 0 Å². The maximum absolute atomic E-state index is 9.40. The number of rotatable bonds is 3. The minimum Gasteiger partial charge on any atom is -0.492 e. The molecule has 1 saturated carbocycles. The quantitative estimate of drug-likeness (QED) is 0.904. The van der Waals surface area contributed by atoms with Gasteiger partial charge in [0.05, 0.1) is 6.61 Å². The maximum Gasteiger partial charge on any atom is 0.126 e. The second-order valence-electron chi connectivity index (χ2n) is 7.04. The van der Waals surface area contributed by atoms with Crippen molar-refractivity contribution in [3.8, 4) is 5.75 Å². The van der Waals surface area contributed by atoms with E-state index in [-0.39, 0.29) is 10.8 Å². The van der Waals surface area contributed by atoms with Crippen LogP contribution < -0.4 is 4.74 Å². The second kappa shape index (κ2) is 3.99. The van der Waals surface area contributed by atoms with Crippen LogP contribution in [0.2, 0.25) is 0 Å². The summed E-state index contributed by atoms with van der Waals surface area (Å²) in [5.41, 5.74) is 4.34. The molecule has 3 rings (SSSR count). The van der Waals surface area contributed by atoms with Gasteiger partial charge in [0.15, 0.2) is 0 Å². The lowest BCUT2D eigenvalue weighted by molar-refractivity contribution is 0.265. The number of aliphatic hydroxyl groups excluding tert-OH is 1. The van der Waals surface area contributed by atoms with Gasteiger partial charge in [-0.25, -0.2) is 0 Å². The van der Waals surface area contributed by atoms with Crippen molar-refractivity contribution >= 4 is 0 Å². The number of aryl methyl sites for hydroxylation is 1. The highest BCUT2D eigenvalue weighted by Gasteiger charge is 2.51. The molecule has 2 nitrogen and oxygen atoms in total. The third kappa shape index (κ3) is 1.80. The van der Waals surface area contributed by atoms with Gasteiger partial charge in [0.25, 0.3) is 0 Å². The molecule has 0 spiro atoms. The number of benzene rings is 1. The molecule has 2 aliphatic rings. The summed E-state index contributed by atoms with van der Waals surface area (Å²) in [5.74, 6) is 1.54. The zero-order valence-corrected chi connectivity index (χ0v) is 12.4. The van der Waals surface area contributed by atoms with Gasteiger partial charge >= 0.3 is 0 Å². The normalized spacial score (nSPS) is 30.9. The Morgan fingerprint density at radius 2 is 2.05 bits per heavy atom. The van der Waals surface area contributed by atoms with Gasteiger partial charge in [-0.15, -0.1) is 0 Å². The molecule has 0 aromatic heterocycles. The first-order valence-electron chi connectivity index (χ1n) is 7.34. The van der Waals surface area contributed by atoms with Crippen molar-refractivity contribution in [2.75, 3.05) is 13.2 Å². The van der Waals surface area contributed by atoms with Crippen molar-refractivity contribution in [3.05, 3.63) is 28.8 Å². The van der Waals surface area contributed by atoms with Gasteiger partial charge in [0.1, 0.15) is 5.75 Å². The minimum atomic E-state index is 0.106. The molecule has 104 valence electrons. The minimum absolute atomic E-state index is 0.106. The van der Waals surface area contributed by atoms with Gasteiger partial charge in [0.2, 0.25) is 0 Å². The van der Waals surface area contributed by atoms with Gasteiger partial charge in [-0.1, -0.05) is 39.8 Å². The van der Waals surface area contributed by atoms with Crippen molar-refractivity contribution in [3.63, 3.8) is 0 Å². The Kier molecular flexibility index (Phi) is 2.72. The first-order chi connectivity index (χ1) is 8.92. The van der Waals surface area contributed by atoms with Crippen LogP contribution >= 0.6 is 0 Å². The Morgan fingerprint density at radius 3 is 2.63 bits per heavy atom. The van der Waals surface area contributed by atoms with Crippen molar-refractivity contribution in [1.82, 2.24) is 0 Å². The first-order valence-corrected chi connectivity index (χ1v) is 7.34. The summed E-state index contributed by atoms with van der Waals surface area (Å²) in [4.78, 5) is 0. The highest BCUT2D eigenvalue weighted by atomic mass is 16.5. The molecule has 1 aliphatic carbocycles. The van der Waals surface area contributed by atoms with E-state index in [4.69, 9.17) is 4.74 Å². The molecule has 0 saturated heterocycles. The standard InChI is InChI=1S/C17H24O2/c1-5-11-6-12(17(4)8-13(17)9-18)7-14-15(11)19-10-16(14,2)3/h6-7,13,18H,5,8-10H2,1-4H3/t13-,17-/m1/s1. The molecule has 1 aromatic rings. The largest absolute Gasteiger partial charge is 0.492 e. The average molecular weight is 260 g/mol. The summed E-state index contributed by atoms with van der Waals surface area (Å²) < 4.78 is 5.93. The van der Waals surface area contributed by atoms with E-state index < -0.39 is 0 Å². The van der Waals surface area contributed by atoms with Crippen molar-refractivity contribution < 1.29 is 9.84 Å². The third-order valence-electron chi connectivity index (χ3n) is 5.14. The highest BCUT2D eigenvalue weighted by molar-refractivity contribution is 5.53. The molecule has 0 amide bonds. The number of hydrogen-bond acceptors (Lipinski definition) is 2. The van der Waals surface area contributed by atoms with Crippen LogP contribution in [0.25, 0.3) is 0 Å². The number of aliphatic hydroxyl groups is 1. The summed E-state index contributed by atoms with van der Waals surface area (Å²) in [7, 11) is 0. The zero-order chi connectivity index (χ0) is 13.8. The Morgan fingerprint density at radius 1 is 1.32 bits per heavy atom. The molecule has 1 fully saturated rings. The molecule has 0 radical (unpaired) electrons. The molecule has 2 atom stereocenters. The van der Waals surface area contributed by atoms with Crippen molar-refractivity contribution in [2.45, 2.75) is 51.4 Å². The van der Waals surface area contributed by atoms with Gasteiger partial charge in [-0.3, -0.25) is 0 Å². The van der Waals surface area contributed by atoms with Gasteiger partial charge in [-0.05, 0) is 35.3 Å². The SMILES string of the molecule is CCc1cc([C@@]2(C)C[C@@H]2CO)cc2c1OCC2(C)C. The molecule has 19 heavy (non-hydrogen) atoms. The summed E-state index contributed by atoms with van der Waals surface area (Å²) >= 11 is 0. The van der Waals surface area contributed by atoms with Gasteiger partial charge < -0.3 is 9.84 Å². The predicted octanol–water partition coefficient (Wildman–Crippen LogP) is 3.19. The third-order valence-corrected chi connectivity index (χ3v) is 5.14. The van der Waals surface area contributed by atoms with E-state index in [0.29, 0.717) is 12.5 Å². The van der Waals surface area contributed by atoms with Crippen LogP contribution in [0.1, 0.15) is 50.8 Å². The molecule has 0 unspecified atom stereocenters. The van der Waals surface area contributed by atoms with Crippen LogP contribution in [0.15, 0.2) is 12.1 Å². The Bertz CT molecular complexity index is 518. The lowest BCUT2D eigenvalue weighted by atomic mass is 9.82. The van der Waals surface area contributed by atoms with E-state index in [1.165, 1.54) is 16.7 Å². The number of hydrogen-bond donors (Lipinski definition) is 1. The number of fused-ring (bicyclic) bond motifs is 1. The summed E-state index contributed by atoms with van der Waals surface area (Å²) in [6, 6.07) is 4.63. The van der Waals surface area contributed by atoms with E-state index in [9.17, 15) is 5.11 Å². The van der Waals surface area contributed by atoms with E-state index in [2.05, 4.69) is 39.8 Å². The molecule has 1 N–H and O–H groups in total. The van der Waals surface area contributed by atoms with Crippen LogP contribution in [0.3, 0.4) is 0 Å². The Balaban J connectivity index is 2.10. The maximum atomic E-state index is 9.40. The van der Waals surface area contributed by atoms with E-state index in [1.54, 1.807) is 0 Å². The van der Waals surface area contributed by atoms with Gasteiger partial charge in [-0.2, -0.15) is 0 Å². The van der Waals surface area contributed by atoms with Crippen molar-refractivity contribution in [2.24, 2.45) is 5.92 Å². The summed E-state index contributed by atoms with van der Waals surface area (Å²) in [6.45, 7) is 10.0. The van der Waals surface area contributed by atoms with E-state index in [0.717, 1.165) is 25.2 Å². The molecule has 0 bridgehead atoms. The Labute approximate surface area is 115 Å². The molecule has 1 aromatic carbocycles. The van der Waals surface area contributed by atoms with Gasteiger partial charge in [0, 0.05) is 17.6 Å². The molecule has 1 heterocycles. The van der Waals surface area contributed by atoms with Crippen LogP contribution in [-0.2, 0) is 17.3 Å². The topological polar surface area (TPSA) is 29.5 Å².